The van der Waals surface area contributed by atoms with E-state index >= 15 is 0 Å². The largest absolute Gasteiger partial charge is 0.383 e. The Morgan fingerprint density at radius 2 is 2.06 bits per heavy atom. The van der Waals surface area contributed by atoms with E-state index < -0.39 is 0 Å². The van der Waals surface area contributed by atoms with Gasteiger partial charge < -0.3 is 10.1 Å². The average molecular weight is 288 g/mol. The van der Waals surface area contributed by atoms with Crippen molar-refractivity contribution in [1.82, 2.24) is 5.32 Å². The Balaban J connectivity index is 2.22. The van der Waals surface area contributed by atoms with Crippen LogP contribution in [0.1, 0.15) is 12.0 Å². The summed E-state index contributed by atoms with van der Waals surface area (Å²) in [5.74, 6) is 0. The van der Waals surface area contributed by atoms with Gasteiger partial charge in [0.1, 0.15) is 0 Å². The Morgan fingerprint density at radius 3 is 2.83 bits per heavy atom. The molecule has 4 heteroatoms. The van der Waals surface area contributed by atoms with Gasteiger partial charge in [-0.2, -0.15) is 0 Å². The zero-order valence-electron chi connectivity index (χ0n) is 10.6. The molecule has 0 aromatic heterocycles. The van der Waals surface area contributed by atoms with Gasteiger partial charge in [-0.25, -0.2) is 0 Å². The first-order valence-electron chi connectivity index (χ1n) is 6.03. The normalized spacial score (nSPS) is 11.3. The number of ether oxygens (including phenoxy) is 1. The summed E-state index contributed by atoms with van der Waals surface area (Å²) in [5.41, 5.74) is 1.06. The fourth-order valence-corrected chi connectivity index (χ4v) is 1.92. The van der Waals surface area contributed by atoms with Gasteiger partial charge in [-0.15, -0.1) is 0 Å². The lowest BCUT2D eigenvalue weighted by molar-refractivity contribution is 0.199. The average Bonchev–Trinajstić information content (AvgIpc) is 2.37. The van der Waals surface area contributed by atoms with Crippen LogP contribution >= 0.6 is 23.2 Å². The van der Waals surface area contributed by atoms with Crippen LogP contribution in [0.4, 0.5) is 0 Å². The third kappa shape index (κ3) is 5.87. The van der Waals surface area contributed by atoms with Crippen molar-refractivity contribution < 1.29 is 4.74 Å². The van der Waals surface area contributed by atoms with Crippen molar-refractivity contribution >= 4 is 23.2 Å². The number of allylic oxidation sites excluding steroid dienone is 1. The van der Waals surface area contributed by atoms with Gasteiger partial charge in [-0.3, -0.25) is 0 Å². The molecule has 1 N–H and O–H groups in total. The molecule has 0 unspecified atom stereocenters. The maximum absolute atomic E-state index is 6.10. The van der Waals surface area contributed by atoms with Gasteiger partial charge in [0.05, 0.1) is 16.7 Å². The lowest BCUT2D eigenvalue weighted by Gasteiger charge is -2.02. The maximum Gasteiger partial charge on any atom is 0.0627 e. The molecule has 18 heavy (non-hydrogen) atoms. The van der Waals surface area contributed by atoms with Gasteiger partial charge in [0.15, 0.2) is 0 Å². The number of hydrogen-bond donors (Lipinski definition) is 1. The minimum atomic E-state index is 0.615. The summed E-state index contributed by atoms with van der Waals surface area (Å²) in [7, 11) is 1.70. The number of rotatable bonds is 8. The first kappa shape index (κ1) is 15.5. The highest BCUT2D eigenvalue weighted by Crippen LogP contribution is 2.25. The summed E-state index contributed by atoms with van der Waals surface area (Å²) in [5, 5.41) is 4.55. The molecule has 2 nitrogen and oxygen atoms in total. The van der Waals surface area contributed by atoms with E-state index in [0.717, 1.165) is 38.1 Å². The zero-order chi connectivity index (χ0) is 13.2. The van der Waals surface area contributed by atoms with Crippen LogP contribution in [0.25, 0.3) is 0 Å². The molecule has 0 saturated carbocycles. The predicted octanol–water partition coefficient (Wildman–Crippen LogP) is 3.72. The molecule has 0 radical (unpaired) electrons. The van der Waals surface area contributed by atoms with Crippen LogP contribution in [0.5, 0.6) is 0 Å². The first-order valence-corrected chi connectivity index (χ1v) is 6.79. The van der Waals surface area contributed by atoms with Crippen LogP contribution in [0.3, 0.4) is 0 Å². The molecule has 0 fully saturated rings. The molecule has 0 amide bonds. The minimum Gasteiger partial charge on any atom is -0.383 e. The fourth-order valence-electron chi connectivity index (χ4n) is 1.52. The topological polar surface area (TPSA) is 21.3 Å². The van der Waals surface area contributed by atoms with Gasteiger partial charge >= 0.3 is 0 Å². The van der Waals surface area contributed by atoms with E-state index in [9.17, 15) is 0 Å². The third-order valence-electron chi connectivity index (χ3n) is 2.51. The summed E-state index contributed by atoms with van der Waals surface area (Å²) < 4.78 is 4.94. The molecule has 0 aliphatic heterocycles. The molecule has 1 aromatic carbocycles. The van der Waals surface area contributed by atoms with Gasteiger partial charge in [0.2, 0.25) is 0 Å². The Morgan fingerprint density at radius 1 is 1.22 bits per heavy atom. The molecule has 0 heterocycles. The second-order valence-corrected chi connectivity index (χ2v) is 4.71. The number of methoxy groups -OCH3 is 1. The van der Waals surface area contributed by atoms with Crippen molar-refractivity contribution in [2.75, 3.05) is 26.8 Å². The van der Waals surface area contributed by atoms with Crippen LogP contribution in [-0.4, -0.2) is 26.8 Å². The Bertz CT molecular complexity index is 380. The van der Waals surface area contributed by atoms with Crippen molar-refractivity contribution in [2.24, 2.45) is 0 Å². The molecule has 1 rings (SSSR count). The molecule has 0 saturated heterocycles. The molecule has 0 aliphatic rings. The standard InChI is InChI=1S/C14H19Cl2NO/c1-18-11-10-17-9-4-2-3-6-12-7-5-8-13(15)14(12)16/h2-3,5,7-8,17H,4,6,9-11H2,1H3/b3-2+. The van der Waals surface area contributed by atoms with E-state index in [1.807, 2.05) is 12.1 Å². The van der Waals surface area contributed by atoms with Crippen LogP contribution in [-0.2, 0) is 11.2 Å². The fraction of sp³-hybridized carbons (Fsp3) is 0.429. The van der Waals surface area contributed by atoms with E-state index in [1.54, 1.807) is 13.2 Å². The Labute approximate surface area is 119 Å². The van der Waals surface area contributed by atoms with E-state index in [1.165, 1.54) is 0 Å². The SMILES string of the molecule is COCCNCC/C=C/Cc1cccc(Cl)c1Cl. The maximum atomic E-state index is 6.10. The van der Waals surface area contributed by atoms with Gasteiger partial charge in [0.25, 0.3) is 0 Å². The number of benzene rings is 1. The molecule has 0 spiro atoms. The highest BCUT2D eigenvalue weighted by Gasteiger charge is 2.01. The number of nitrogens with one attached hydrogen (secondary N) is 1. The molecule has 0 atom stereocenters. The highest BCUT2D eigenvalue weighted by molar-refractivity contribution is 6.42. The van der Waals surface area contributed by atoms with Gasteiger partial charge in [-0.1, -0.05) is 47.5 Å². The second kappa shape index (κ2) is 9.40. The van der Waals surface area contributed by atoms with Crippen molar-refractivity contribution in [1.29, 1.82) is 0 Å². The van der Waals surface area contributed by atoms with E-state index in [4.69, 9.17) is 27.9 Å². The Kier molecular flexibility index (Phi) is 8.10. The molecular weight excluding hydrogens is 269 g/mol. The summed E-state index contributed by atoms with van der Waals surface area (Å²) >= 11 is 12.0. The summed E-state index contributed by atoms with van der Waals surface area (Å²) in [6.45, 7) is 2.61. The minimum absolute atomic E-state index is 0.615. The van der Waals surface area contributed by atoms with E-state index in [-0.39, 0.29) is 0 Å². The van der Waals surface area contributed by atoms with E-state index in [0.29, 0.717) is 10.0 Å². The quantitative estimate of drug-likeness (QED) is 0.581. The van der Waals surface area contributed by atoms with E-state index in [2.05, 4.69) is 17.5 Å². The van der Waals surface area contributed by atoms with Crippen LogP contribution < -0.4 is 5.32 Å². The molecular formula is C14H19Cl2NO. The van der Waals surface area contributed by atoms with Crippen LogP contribution in [0.2, 0.25) is 10.0 Å². The lowest BCUT2D eigenvalue weighted by Crippen LogP contribution is -2.19. The predicted molar refractivity (Wildman–Crippen MR) is 78.7 cm³/mol. The highest BCUT2D eigenvalue weighted by atomic mass is 35.5. The van der Waals surface area contributed by atoms with Crippen LogP contribution in [0.15, 0.2) is 30.4 Å². The third-order valence-corrected chi connectivity index (χ3v) is 3.36. The smallest absolute Gasteiger partial charge is 0.0627 e. The van der Waals surface area contributed by atoms with Crippen molar-refractivity contribution in [2.45, 2.75) is 12.8 Å². The van der Waals surface area contributed by atoms with Crippen molar-refractivity contribution in [3.8, 4) is 0 Å². The van der Waals surface area contributed by atoms with Crippen molar-refractivity contribution in [3.05, 3.63) is 46.0 Å². The van der Waals surface area contributed by atoms with Gasteiger partial charge in [-0.05, 0) is 31.0 Å². The Hall–Kier alpha value is -0.540. The monoisotopic (exact) mass is 287 g/mol. The zero-order valence-corrected chi connectivity index (χ0v) is 12.1. The first-order chi connectivity index (χ1) is 8.75. The summed E-state index contributed by atoms with van der Waals surface area (Å²) in [6.07, 6.45) is 6.09. The van der Waals surface area contributed by atoms with Gasteiger partial charge in [0, 0.05) is 13.7 Å². The lowest BCUT2D eigenvalue weighted by atomic mass is 10.1. The number of halogens is 2. The number of hydrogen-bond acceptors (Lipinski definition) is 2. The molecule has 0 aliphatic carbocycles. The summed E-state index contributed by atoms with van der Waals surface area (Å²) in [4.78, 5) is 0. The molecule has 0 bridgehead atoms. The molecule has 1 aromatic rings. The molecule has 100 valence electrons. The summed E-state index contributed by atoms with van der Waals surface area (Å²) in [6, 6.07) is 5.72. The second-order valence-electron chi connectivity index (χ2n) is 3.92. The van der Waals surface area contributed by atoms with Crippen molar-refractivity contribution in [3.63, 3.8) is 0 Å². The van der Waals surface area contributed by atoms with Crippen LogP contribution in [0, 0.1) is 0 Å².